The average molecular weight is 496 g/mol. The molecule has 1 fully saturated rings. The lowest BCUT2D eigenvalue weighted by atomic mass is 9.99. The van der Waals surface area contributed by atoms with Crippen molar-refractivity contribution >= 4 is 34.0 Å². The predicted molar refractivity (Wildman–Crippen MR) is 137 cm³/mol. The minimum Gasteiger partial charge on any atom is -0.395 e. The number of H-pyrrole nitrogens is 1. The number of benzene rings is 2. The first-order chi connectivity index (χ1) is 17.9. The molecule has 10 nitrogen and oxygen atoms in total. The van der Waals surface area contributed by atoms with Crippen molar-refractivity contribution in [1.82, 2.24) is 30.1 Å². The van der Waals surface area contributed by atoms with Crippen LogP contribution in [0.15, 0.2) is 48.9 Å². The van der Waals surface area contributed by atoms with Gasteiger partial charge in [-0.05, 0) is 49.6 Å². The number of carbonyl (C=O) groups is 1. The number of carbonyl (C=O) groups excluding carboxylic acids is 1. The Morgan fingerprint density at radius 1 is 1.14 bits per heavy atom. The van der Waals surface area contributed by atoms with Gasteiger partial charge in [0.1, 0.15) is 18.0 Å². The Morgan fingerprint density at radius 3 is 2.76 bits per heavy atom. The van der Waals surface area contributed by atoms with Gasteiger partial charge in [0.15, 0.2) is 11.5 Å². The van der Waals surface area contributed by atoms with Gasteiger partial charge in [0.25, 0.3) is 5.91 Å². The molecular formula is C26H22FN9O. The van der Waals surface area contributed by atoms with Crippen LogP contribution in [0.1, 0.15) is 40.5 Å². The van der Waals surface area contributed by atoms with Gasteiger partial charge in [-0.2, -0.15) is 5.10 Å². The van der Waals surface area contributed by atoms with E-state index < -0.39 is 11.7 Å². The molecule has 6 N–H and O–H groups in total. The van der Waals surface area contributed by atoms with Gasteiger partial charge < -0.3 is 16.8 Å². The Bertz CT molecular complexity index is 1690. The molecule has 0 unspecified atom stereocenters. The minimum absolute atomic E-state index is 0.0505. The van der Waals surface area contributed by atoms with Crippen molar-refractivity contribution in [3.8, 4) is 22.6 Å². The van der Waals surface area contributed by atoms with Crippen LogP contribution in [0.3, 0.4) is 0 Å². The van der Waals surface area contributed by atoms with E-state index in [4.69, 9.17) is 16.5 Å². The first-order valence-corrected chi connectivity index (χ1v) is 11.7. The first kappa shape index (κ1) is 22.5. The van der Waals surface area contributed by atoms with Crippen LogP contribution in [0.4, 0.5) is 21.6 Å². The van der Waals surface area contributed by atoms with Gasteiger partial charge in [-0.15, -0.1) is 0 Å². The first-order valence-electron chi connectivity index (χ1n) is 11.7. The van der Waals surface area contributed by atoms with Gasteiger partial charge in [0.2, 0.25) is 0 Å². The molecule has 0 bridgehead atoms. The number of amides is 1. The topological polar surface area (TPSA) is 161 Å². The Morgan fingerprint density at radius 2 is 1.97 bits per heavy atom. The summed E-state index contributed by atoms with van der Waals surface area (Å²) in [7, 11) is 0. The van der Waals surface area contributed by atoms with E-state index in [0.29, 0.717) is 34.2 Å². The van der Waals surface area contributed by atoms with Gasteiger partial charge in [0.05, 0.1) is 28.8 Å². The van der Waals surface area contributed by atoms with Gasteiger partial charge >= 0.3 is 0 Å². The summed E-state index contributed by atoms with van der Waals surface area (Å²) in [4.78, 5) is 30.1. The molecule has 3 heterocycles. The quantitative estimate of drug-likeness (QED) is 0.272. The molecule has 184 valence electrons. The summed E-state index contributed by atoms with van der Waals surface area (Å²) in [5, 5.41) is 11.0. The van der Waals surface area contributed by atoms with Crippen LogP contribution in [-0.2, 0) is 0 Å². The number of hydrogen-bond acceptors (Lipinski definition) is 8. The van der Waals surface area contributed by atoms with Gasteiger partial charge in [-0.3, -0.25) is 9.89 Å². The lowest BCUT2D eigenvalue weighted by Crippen LogP contribution is -2.18. The molecule has 1 aliphatic carbocycles. The summed E-state index contributed by atoms with van der Waals surface area (Å²) in [6.07, 6.45) is 5.32. The third kappa shape index (κ3) is 4.10. The molecule has 2 aromatic carbocycles. The SMILES string of the molecule is Cc1ccc2[nH]ncc2c1-c1nc(-c2ccc(F)cc2Nc2cc(C3CC3)ncn2)nc(C(N)=O)c1N. The summed E-state index contributed by atoms with van der Waals surface area (Å²) < 4.78 is 14.4. The number of aromatic nitrogens is 6. The molecule has 1 saturated carbocycles. The Hall–Kier alpha value is -4.93. The highest BCUT2D eigenvalue weighted by Gasteiger charge is 2.26. The average Bonchev–Trinajstić information content (AvgIpc) is 3.62. The lowest BCUT2D eigenvalue weighted by Gasteiger charge is -2.16. The van der Waals surface area contributed by atoms with Crippen molar-refractivity contribution in [2.45, 2.75) is 25.7 Å². The number of nitrogens with two attached hydrogens (primary N) is 2. The highest BCUT2D eigenvalue weighted by molar-refractivity contribution is 6.04. The Kier molecular flexibility index (Phi) is 5.25. The zero-order chi connectivity index (χ0) is 25.7. The number of primary amides is 1. The monoisotopic (exact) mass is 495 g/mol. The fourth-order valence-electron chi connectivity index (χ4n) is 4.40. The number of nitrogens with one attached hydrogen (secondary N) is 2. The van der Waals surface area contributed by atoms with Crippen LogP contribution in [-0.4, -0.2) is 36.0 Å². The van der Waals surface area contributed by atoms with Crippen molar-refractivity contribution in [2.75, 3.05) is 11.1 Å². The Labute approximate surface area is 210 Å². The zero-order valence-electron chi connectivity index (χ0n) is 19.8. The Balaban J connectivity index is 1.53. The van der Waals surface area contributed by atoms with E-state index in [2.05, 4.69) is 30.5 Å². The van der Waals surface area contributed by atoms with E-state index in [1.807, 2.05) is 25.1 Å². The maximum absolute atomic E-state index is 14.4. The number of hydrogen-bond donors (Lipinski definition) is 4. The van der Waals surface area contributed by atoms with E-state index in [1.54, 1.807) is 6.20 Å². The highest BCUT2D eigenvalue weighted by Crippen LogP contribution is 2.40. The predicted octanol–water partition coefficient (Wildman–Crippen LogP) is 4.23. The van der Waals surface area contributed by atoms with Crippen LogP contribution in [0, 0.1) is 12.7 Å². The fraction of sp³-hybridized carbons (Fsp3) is 0.154. The number of fused-ring (bicyclic) bond motifs is 1. The van der Waals surface area contributed by atoms with Crippen molar-refractivity contribution in [3.05, 3.63) is 71.7 Å². The molecule has 0 saturated heterocycles. The summed E-state index contributed by atoms with van der Waals surface area (Å²) in [6.45, 7) is 1.91. The largest absolute Gasteiger partial charge is 0.395 e. The molecule has 37 heavy (non-hydrogen) atoms. The minimum atomic E-state index is -0.805. The lowest BCUT2D eigenvalue weighted by molar-refractivity contribution is 0.0996. The van der Waals surface area contributed by atoms with Crippen molar-refractivity contribution in [3.63, 3.8) is 0 Å². The molecule has 0 spiro atoms. The van der Waals surface area contributed by atoms with Gasteiger partial charge in [-0.25, -0.2) is 24.3 Å². The highest BCUT2D eigenvalue weighted by atomic mass is 19.1. The van der Waals surface area contributed by atoms with Crippen LogP contribution >= 0.6 is 0 Å². The maximum atomic E-state index is 14.4. The second kappa shape index (κ2) is 8.63. The summed E-state index contributed by atoms with van der Waals surface area (Å²) in [5.74, 6) is -0.190. The molecule has 0 radical (unpaired) electrons. The number of aromatic amines is 1. The normalized spacial score (nSPS) is 13.1. The number of anilines is 3. The van der Waals surface area contributed by atoms with Crippen LogP contribution in [0.5, 0.6) is 0 Å². The number of halogens is 1. The molecule has 3 aromatic heterocycles. The molecule has 0 aliphatic heterocycles. The third-order valence-electron chi connectivity index (χ3n) is 6.42. The number of nitrogen functional groups attached to an aromatic ring is 1. The van der Waals surface area contributed by atoms with Crippen molar-refractivity contribution < 1.29 is 9.18 Å². The molecule has 11 heteroatoms. The molecule has 1 amide bonds. The van der Waals surface area contributed by atoms with Crippen LogP contribution in [0.2, 0.25) is 0 Å². The molecule has 1 aliphatic rings. The summed E-state index contributed by atoms with van der Waals surface area (Å²) in [5.41, 5.74) is 16.4. The smallest absolute Gasteiger partial charge is 0.269 e. The van der Waals surface area contributed by atoms with Gasteiger partial charge in [-0.1, -0.05) is 6.07 Å². The van der Waals surface area contributed by atoms with E-state index in [0.717, 1.165) is 35.0 Å². The molecule has 6 rings (SSSR count). The zero-order valence-corrected chi connectivity index (χ0v) is 19.8. The van der Waals surface area contributed by atoms with Gasteiger partial charge in [0, 0.05) is 34.2 Å². The fourth-order valence-corrected chi connectivity index (χ4v) is 4.40. The van der Waals surface area contributed by atoms with Crippen molar-refractivity contribution in [2.24, 2.45) is 5.73 Å². The number of rotatable bonds is 6. The van der Waals surface area contributed by atoms with E-state index in [9.17, 15) is 9.18 Å². The number of nitrogens with zero attached hydrogens (tertiary/aromatic N) is 5. The van der Waals surface area contributed by atoms with Crippen LogP contribution in [0.25, 0.3) is 33.5 Å². The third-order valence-corrected chi connectivity index (χ3v) is 6.42. The second-order valence-electron chi connectivity index (χ2n) is 9.03. The summed E-state index contributed by atoms with van der Waals surface area (Å²) in [6, 6.07) is 9.79. The van der Waals surface area contributed by atoms with E-state index in [-0.39, 0.29) is 17.2 Å². The summed E-state index contributed by atoms with van der Waals surface area (Å²) >= 11 is 0. The van der Waals surface area contributed by atoms with E-state index in [1.165, 1.54) is 24.5 Å². The molecule has 5 aromatic rings. The molecular weight excluding hydrogens is 473 g/mol. The maximum Gasteiger partial charge on any atom is 0.269 e. The van der Waals surface area contributed by atoms with E-state index >= 15 is 0 Å². The standard InChI is InChI=1S/C26H22FN9O/c1-12-2-7-17-16(10-32-36-17)21(12)23-22(28)24(25(29)37)35-26(34-23)15-6-5-14(27)8-19(15)33-20-9-18(13-3-4-13)30-11-31-20/h2,5-11,13H,3-4,28H2,1H3,(H2,29,37)(H,32,36)(H,30,31,33). The second-order valence-corrected chi connectivity index (χ2v) is 9.03. The number of aryl methyl sites for hydroxylation is 1. The van der Waals surface area contributed by atoms with Crippen LogP contribution < -0.4 is 16.8 Å². The molecule has 0 atom stereocenters. The van der Waals surface area contributed by atoms with Crippen molar-refractivity contribution in [1.29, 1.82) is 0 Å².